The van der Waals surface area contributed by atoms with Gasteiger partial charge in [0.05, 0.1) is 0 Å². The summed E-state index contributed by atoms with van der Waals surface area (Å²) in [7, 11) is 2.11. The highest BCUT2D eigenvalue weighted by Gasteiger charge is 2.10. The molecule has 0 bridgehead atoms. The molecule has 0 aromatic heterocycles. The maximum atomic E-state index is 5.98. The van der Waals surface area contributed by atoms with E-state index in [0.717, 1.165) is 24.4 Å². The molecule has 1 unspecified atom stereocenters. The maximum absolute atomic E-state index is 5.98. The van der Waals surface area contributed by atoms with E-state index in [1.165, 1.54) is 5.56 Å². The summed E-state index contributed by atoms with van der Waals surface area (Å²) < 4.78 is 0. The summed E-state index contributed by atoms with van der Waals surface area (Å²) in [5, 5.41) is 0.793. The zero-order chi connectivity index (χ0) is 12.0. The Labute approximate surface area is 103 Å². The minimum Gasteiger partial charge on any atom is -0.300 e. The smallest absolute Gasteiger partial charge is 0.0409 e. The van der Waals surface area contributed by atoms with Crippen LogP contribution in [0.25, 0.3) is 0 Å². The summed E-state index contributed by atoms with van der Waals surface area (Å²) in [5.74, 6) is 2.66. The van der Waals surface area contributed by atoms with Crippen molar-refractivity contribution in [3.8, 4) is 12.3 Å². The van der Waals surface area contributed by atoms with E-state index >= 15 is 0 Å². The molecule has 0 saturated carbocycles. The summed E-state index contributed by atoms with van der Waals surface area (Å²) in [5.41, 5.74) is 1.25. The largest absolute Gasteiger partial charge is 0.300 e. The average Bonchev–Trinajstić information content (AvgIpc) is 2.28. The number of rotatable bonds is 5. The van der Waals surface area contributed by atoms with Gasteiger partial charge in [-0.15, -0.1) is 12.3 Å². The lowest BCUT2D eigenvalue weighted by atomic mass is 10.1. The van der Waals surface area contributed by atoms with Crippen molar-refractivity contribution in [1.82, 2.24) is 4.90 Å². The lowest BCUT2D eigenvalue weighted by Crippen LogP contribution is -2.23. The predicted octanol–water partition coefficient (Wildman–Crippen LogP) is 3.75. The average molecular weight is 236 g/mol. The molecule has 0 aliphatic heterocycles. The zero-order valence-corrected chi connectivity index (χ0v) is 10.7. The van der Waals surface area contributed by atoms with Crippen LogP contribution in [-0.4, -0.2) is 18.5 Å². The summed E-state index contributed by atoms with van der Waals surface area (Å²) in [6, 6.07) is 8.38. The first kappa shape index (κ1) is 13.1. The maximum Gasteiger partial charge on any atom is 0.0409 e. The van der Waals surface area contributed by atoms with Gasteiger partial charge in [-0.1, -0.05) is 23.7 Å². The molecule has 0 fully saturated rings. The van der Waals surface area contributed by atoms with Gasteiger partial charge >= 0.3 is 0 Å². The van der Waals surface area contributed by atoms with Crippen molar-refractivity contribution < 1.29 is 0 Å². The van der Waals surface area contributed by atoms with Crippen LogP contribution in [-0.2, 0) is 0 Å². The van der Waals surface area contributed by atoms with Crippen LogP contribution in [0.5, 0.6) is 0 Å². The highest BCUT2D eigenvalue weighted by atomic mass is 35.5. The monoisotopic (exact) mass is 235 g/mol. The molecule has 2 heteroatoms. The first-order valence-electron chi connectivity index (χ1n) is 5.54. The van der Waals surface area contributed by atoms with Gasteiger partial charge in [0.2, 0.25) is 0 Å². The molecule has 86 valence electrons. The molecule has 0 saturated heterocycles. The molecular formula is C14H18ClN. The summed E-state index contributed by atoms with van der Waals surface area (Å²) >= 11 is 5.98. The van der Waals surface area contributed by atoms with E-state index < -0.39 is 0 Å². The number of nitrogens with zero attached hydrogens (tertiary/aromatic N) is 1. The Hall–Kier alpha value is -0.970. The van der Waals surface area contributed by atoms with Crippen molar-refractivity contribution >= 4 is 11.6 Å². The first-order valence-corrected chi connectivity index (χ1v) is 5.92. The molecule has 1 rings (SSSR count). The summed E-state index contributed by atoms with van der Waals surface area (Å²) in [4.78, 5) is 2.29. The van der Waals surface area contributed by atoms with Gasteiger partial charge in [0, 0.05) is 17.5 Å². The van der Waals surface area contributed by atoms with Crippen LogP contribution in [0.3, 0.4) is 0 Å². The van der Waals surface area contributed by atoms with Crippen molar-refractivity contribution in [3.05, 3.63) is 34.9 Å². The van der Waals surface area contributed by atoms with Crippen molar-refractivity contribution in [2.45, 2.75) is 25.8 Å². The number of hydrogen-bond donors (Lipinski definition) is 0. The molecule has 0 radical (unpaired) electrons. The Kier molecular flexibility index (Phi) is 5.38. The third kappa shape index (κ3) is 3.89. The van der Waals surface area contributed by atoms with Gasteiger partial charge < -0.3 is 0 Å². The number of terminal acetylenes is 1. The molecule has 0 spiro atoms. The predicted molar refractivity (Wildman–Crippen MR) is 70.6 cm³/mol. The molecule has 0 heterocycles. The molecule has 0 amide bonds. The highest BCUT2D eigenvalue weighted by Crippen LogP contribution is 2.21. The van der Waals surface area contributed by atoms with Crippen LogP contribution in [0, 0.1) is 12.3 Å². The second-order valence-corrected chi connectivity index (χ2v) is 4.46. The zero-order valence-electron chi connectivity index (χ0n) is 9.91. The number of benzene rings is 1. The Morgan fingerprint density at radius 3 is 2.88 bits per heavy atom. The molecule has 0 aliphatic carbocycles. The van der Waals surface area contributed by atoms with Crippen LogP contribution in [0.2, 0.25) is 5.02 Å². The minimum absolute atomic E-state index is 0.372. The van der Waals surface area contributed by atoms with E-state index in [9.17, 15) is 0 Å². The fraction of sp³-hybridized carbons (Fsp3) is 0.429. The Morgan fingerprint density at radius 2 is 2.25 bits per heavy atom. The Balaban J connectivity index is 2.56. The summed E-state index contributed by atoms with van der Waals surface area (Å²) in [6.07, 6.45) is 7.12. The number of unbranched alkanes of at least 4 members (excludes halogenated alkanes) is 1. The molecule has 16 heavy (non-hydrogen) atoms. The van der Waals surface area contributed by atoms with Crippen molar-refractivity contribution in [2.24, 2.45) is 0 Å². The van der Waals surface area contributed by atoms with Crippen molar-refractivity contribution in [2.75, 3.05) is 13.6 Å². The van der Waals surface area contributed by atoms with E-state index in [4.69, 9.17) is 18.0 Å². The molecule has 1 aromatic rings. The Morgan fingerprint density at radius 1 is 1.50 bits per heavy atom. The number of halogens is 1. The van der Waals surface area contributed by atoms with Gasteiger partial charge in [-0.25, -0.2) is 0 Å². The van der Waals surface area contributed by atoms with Crippen LogP contribution < -0.4 is 0 Å². The molecular weight excluding hydrogens is 218 g/mol. The molecule has 1 atom stereocenters. The number of hydrogen-bond acceptors (Lipinski definition) is 1. The van der Waals surface area contributed by atoms with Gasteiger partial charge in [0.15, 0.2) is 0 Å². The Bertz CT molecular complexity index is 367. The van der Waals surface area contributed by atoms with Crippen LogP contribution in [0.4, 0.5) is 0 Å². The van der Waals surface area contributed by atoms with Crippen LogP contribution in [0.1, 0.15) is 31.4 Å². The fourth-order valence-electron chi connectivity index (χ4n) is 1.65. The highest BCUT2D eigenvalue weighted by molar-refractivity contribution is 6.30. The van der Waals surface area contributed by atoms with Gasteiger partial charge in [0.1, 0.15) is 0 Å². The molecule has 1 aromatic carbocycles. The lowest BCUT2D eigenvalue weighted by Gasteiger charge is -2.24. The quantitative estimate of drug-likeness (QED) is 0.555. The fourth-order valence-corrected chi connectivity index (χ4v) is 1.84. The van der Waals surface area contributed by atoms with Crippen molar-refractivity contribution in [1.29, 1.82) is 0 Å². The van der Waals surface area contributed by atoms with Gasteiger partial charge in [-0.05, 0) is 44.6 Å². The third-order valence-electron chi connectivity index (χ3n) is 2.82. The van der Waals surface area contributed by atoms with E-state index in [-0.39, 0.29) is 0 Å². The third-order valence-corrected chi connectivity index (χ3v) is 3.06. The topological polar surface area (TPSA) is 3.24 Å². The second kappa shape index (κ2) is 6.58. The van der Waals surface area contributed by atoms with E-state index in [0.29, 0.717) is 6.04 Å². The first-order chi connectivity index (χ1) is 7.65. The van der Waals surface area contributed by atoms with Gasteiger partial charge in [-0.3, -0.25) is 4.90 Å². The van der Waals surface area contributed by atoms with Crippen LogP contribution in [0.15, 0.2) is 24.3 Å². The standard InChI is InChI=1S/C14H18ClN/c1-4-5-6-10-16(3)12(2)13-8-7-9-14(15)11-13/h1,7-9,11-12H,5-6,10H2,2-3H3. The molecule has 0 aliphatic rings. The molecule has 0 N–H and O–H groups in total. The lowest BCUT2D eigenvalue weighted by molar-refractivity contribution is 0.259. The SMILES string of the molecule is C#CCCCN(C)C(C)c1cccc(Cl)c1. The summed E-state index contributed by atoms with van der Waals surface area (Å²) in [6.45, 7) is 3.19. The van der Waals surface area contributed by atoms with E-state index in [1.807, 2.05) is 18.2 Å². The van der Waals surface area contributed by atoms with E-state index in [2.05, 4.69) is 30.9 Å². The van der Waals surface area contributed by atoms with Crippen molar-refractivity contribution in [3.63, 3.8) is 0 Å². The van der Waals surface area contributed by atoms with E-state index in [1.54, 1.807) is 0 Å². The van der Waals surface area contributed by atoms with Gasteiger partial charge in [0.25, 0.3) is 0 Å². The van der Waals surface area contributed by atoms with Gasteiger partial charge in [-0.2, -0.15) is 0 Å². The van der Waals surface area contributed by atoms with Crippen LogP contribution >= 0.6 is 11.6 Å². The molecule has 1 nitrogen and oxygen atoms in total. The minimum atomic E-state index is 0.372. The normalized spacial score (nSPS) is 12.4. The second-order valence-electron chi connectivity index (χ2n) is 4.02.